The number of likely N-dealkylation sites (tertiary alicyclic amines) is 1. The van der Waals surface area contributed by atoms with E-state index in [9.17, 15) is 9.59 Å². The molecule has 1 spiro atoms. The van der Waals surface area contributed by atoms with E-state index in [1.165, 1.54) is 4.90 Å². The predicted molar refractivity (Wildman–Crippen MR) is 138 cm³/mol. The van der Waals surface area contributed by atoms with Gasteiger partial charge in [0.05, 0.1) is 12.1 Å². The number of urea groups is 1. The van der Waals surface area contributed by atoms with Gasteiger partial charge in [0.2, 0.25) is 5.78 Å². The number of rotatable bonds is 6. The summed E-state index contributed by atoms with van der Waals surface area (Å²) in [4.78, 5) is 30.0. The molecule has 34 heavy (non-hydrogen) atoms. The van der Waals surface area contributed by atoms with Crippen LogP contribution in [0.4, 0.5) is 4.79 Å². The van der Waals surface area contributed by atoms with E-state index in [0.29, 0.717) is 18.7 Å². The van der Waals surface area contributed by atoms with E-state index >= 15 is 0 Å². The van der Waals surface area contributed by atoms with Gasteiger partial charge < -0.3 is 15.0 Å². The Kier molecular flexibility index (Phi) is 6.99. The zero-order valence-electron chi connectivity index (χ0n) is 21.1. The predicted octanol–water partition coefficient (Wildman–Crippen LogP) is 6.04. The summed E-state index contributed by atoms with van der Waals surface area (Å²) in [5.41, 5.74) is 2.74. The molecule has 2 heterocycles. The van der Waals surface area contributed by atoms with Crippen molar-refractivity contribution in [2.45, 2.75) is 64.5 Å². The van der Waals surface area contributed by atoms with E-state index in [4.69, 9.17) is 4.74 Å². The molecule has 0 aromatic heterocycles. The highest BCUT2D eigenvalue weighted by molar-refractivity contribution is 7.99. The zero-order chi connectivity index (χ0) is 24.6. The molecule has 1 saturated heterocycles. The van der Waals surface area contributed by atoms with Gasteiger partial charge in [-0.2, -0.15) is 0 Å². The number of ketones is 1. The number of nitrogens with zero attached hydrogens (tertiary/aromatic N) is 1. The number of fused-ring (bicyclic) bond motifs is 1. The lowest BCUT2D eigenvalue weighted by atomic mass is 9.78. The van der Waals surface area contributed by atoms with Crippen LogP contribution in [0.25, 0.3) is 0 Å². The van der Waals surface area contributed by atoms with Crippen LogP contribution in [0.3, 0.4) is 0 Å². The summed E-state index contributed by atoms with van der Waals surface area (Å²) in [5, 5.41) is 3.05. The largest absolute Gasteiger partial charge is 0.476 e. The Morgan fingerprint density at radius 2 is 1.88 bits per heavy atom. The van der Waals surface area contributed by atoms with E-state index in [2.05, 4.69) is 70.3 Å². The number of thioether (sulfide) groups is 1. The number of aryl methyl sites for hydroxylation is 1. The van der Waals surface area contributed by atoms with Gasteiger partial charge in [0, 0.05) is 23.9 Å². The molecule has 4 rings (SSSR count). The molecule has 1 N–H and O–H groups in total. The van der Waals surface area contributed by atoms with Gasteiger partial charge in [-0.25, -0.2) is 4.79 Å². The number of amides is 2. The first-order chi connectivity index (χ1) is 16.2. The first kappa shape index (κ1) is 24.6. The zero-order valence-corrected chi connectivity index (χ0v) is 21.9. The summed E-state index contributed by atoms with van der Waals surface area (Å²) >= 11 is 1.80. The Bertz CT molecular complexity index is 1080. The molecule has 5 nitrogen and oxygen atoms in total. The molecule has 2 aliphatic rings. The van der Waals surface area contributed by atoms with Gasteiger partial charge in [0.1, 0.15) is 5.75 Å². The minimum Gasteiger partial charge on any atom is -0.476 e. The molecule has 2 aromatic rings. The van der Waals surface area contributed by atoms with Crippen molar-refractivity contribution in [1.29, 1.82) is 0 Å². The molecule has 0 bridgehead atoms. The summed E-state index contributed by atoms with van der Waals surface area (Å²) in [5.74, 6) is 2.16. The molecule has 2 amide bonds. The number of hydrogen-bond acceptors (Lipinski definition) is 4. The molecule has 1 fully saturated rings. The molecular formula is C28H36N2O3S. The summed E-state index contributed by atoms with van der Waals surface area (Å²) in [6.07, 6.45) is 0. The second-order valence-electron chi connectivity index (χ2n) is 10.1. The second kappa shape index (κ2) is 9.65. The normalized spacial score (nSPS) is 21.5. The second-order valence-corrected chi connectivity index (χ2v) is 11.5. The molecule has 6 heteroatoms. The summed E-state index contributed by atoms with van der Waals surface area (Å²) < 4.78 is 6.62. The lowest BCUT2D eigenvalue weighted by molar-refractivity contribution is 0.0347. The average Bonchev–Trinajstić information content (AvgIpc) is 3.32. The highest BCUT2D eigenvalue weighted by Gasteiger charge is 2.60. The summed E-state index contributed by atoms with van der Waals surface area (Å²) in [7, 11) is 0. The maximum atomic E-state index is 13.9. The highest BCUT2D eigenvalue weighted by atomic mass is 32.2. The van der Waals surface area contributed by atoms with Crippen LogP contribution in [0.5, 0.6) is 5.75 Å². The maximum Gasteiger partial charge on any atom is 0.317 e. The van der Waals surface area contributed by atoms with Gasteiger partial charge >= 0.3 is 6.03 Å². The van der Waals surface area contributed by atoms with Gasteiger partial charge in [-0.15, -0.1) is 11.8 Å². The van der Waals surface area contributed by atoms with Crippen LogP contribution in [0.15, 0.2) is 41.3 Å². The van der Waals surface area contributed by atoms with E-state index in [1.807, 2.05) is 13.0 Å². The Balaban J connectivity index is 1.54. The van der Waals surface area contributed by atoms with Crippen LogP contribution >= 0.6 is 11.8 Å². The summed E-state index contributed by atoms with van der Waals surface area (Å²) in [6, 6.07) is 12.2. The van der Waals surface area contributed by atoms with Crippen LogP contribution in [0, 0.1) is 18.8 Å². The van der Waals surface area contributed by atoms with Crippen LogP contribution < -0.4 is 10.1 Å². The lowest BCUT2D eigenvalue weighted by Gasteiger charge is -2.30. The van der Waals surface area contributed by atoms with Crippen molar-refractivity contribution >= 4 is 23.6 Å². The van der Waals surface area contributed by atoms with Crippen molar-refractivity contribution in [3.63, 3.8) is 0 Å². The molecule has 2 aromatic carbocycles. The SMILES string of the molecule is CCSc1ccc(CNC(=O)N2CC(C(C)C)C3(C2)Oc2c(C(C)C)ccc(C)c2C3=O)cc1. The van der Waals surface area contributed by atoms with Gasteiger partial charge in [-0.3, -0.25) is 4.79 Å². The third-order valence-corrected chi connectivity index (χ3v) is 8.02. The van der Waals surface area contributed by atoms with Crippen molar-refractivity contribution in [2.75, 3.05) is 18.8 Å². The number of ether oxygens (including phenoxy) is 1. The molecular weight excluding hydrogens is 444 g/mol. The number of benzene rings is 2. The van der Waals surface area contributed by atoms with Gasteiger partial charge in [0.25, 0.3) is 0 Å². The van der Waals surface area contributed by atoms with Crippen LogP contribution in [-0.4, -0.2) is 41.2 Å². The highest BCUT2D eigenvalue weighted by Crippen LogP contribution is 2.49. The van der Waals surface area contributed by atoms with E-state index in [1.54, 1.807) is 16.7 Å². The van der Waals surface area contributed by atoms with Crippen molar-refractivity contribution in [1.82, 2.24) is 10.2 Å². The Morgan fingerprint density at radius 1 is 1.18 bits per heavy atom. The minimum absolute atomic E-state index is 0.0283. The maximum absolute atomic E-state index is 13.9. The minimum atomic E-state index is -1.01. The lowest BCUT2D eigenvalue weighted by Crippen LogP contribution is -2.50. The topological polar surface area (TPSA) is 58.6 Å². The molecule has 2 unspecified atom stereocenters. The third kappa shape index (κ3) is 4.33. The number of Topliss-reactive ketones (excluding diaryl/α,β-unsaturated/α-hetero) is 1. The van der Waals surface area contributed by atoms with Gasteiger partial charge in [-0.05, 0) is 53.3 Å². The molecule has 0 saturated carbocycles. The van der Waals surface area contributed by atoms with Crippen molar-refractivity contribution in [3.05, 3.63) is 58.7 Å². The standard InChI is InChI=1S/C28H36N2O3S/c1-7-34-21-11-9-20(10-12-21)14-29-27(32)30-15-23(18(4)5)28(16-30)26(31)24-19(6)8-13-22(17(2)3)25(24)33-28/h8-13,17-18,23H,7,14-16H2,1-6H3,(H,29,32). The van der Waals surface area contributed by atoms with Crippen molar-refractivity contribution < 1.29 is 14.3 Å². The first-order valence-electron chi connectivity index (χ1n) is 12.3. The summed E-state index contributed by atoms with van der Waals surface area (Å²) in [6.45, 7) is 13.8. The fourth-order valence-corrected chi connectivity index (χ4v) is 5.91. The van der Waals surface area contributed by atoms with Crippen LogP contribution in [0.1, 0.15) is 67.6 Å². The number of carbonyl (C=O) groups is 2. The van der Waals surface area contributed by atoms with Gasteiger partial charge in [0.15, 0.2) is 5.60 Å². The third-order valence-electron chi connectivity index (χ3n) is 7.13. The van der Waals surface area contributed by atoms with Gasteiger partial charge in [-0.1, -0.05) is 58.9 Å². The van der Waals surface area contributed by atoms with Crippen molar-refractivity contribution in [2.24, 2.45) is 11.8 Å². The first-order valence-corrected chi connectivity index (χ1v) is 13.3. The Morgan fingerprint density at radius 3 is 2.50 bits per heavy atom. The monoisotopic (exact) mass is 480 g/mol. The Labute approximate surface area is 207 Å². The van der Waals surface area contributed by atoms with Crippen molar-refractivity contribution in [3.8, 4) is 5.75 Å². The van der Waals surface area contributed by atoms with E-state index in [-0.39, 0.29) is 36.1 Å². The van der Waals surface area contributed by atoms with E-state index in [0.717, 1.165) is 28.2 Å². The average molecular weight is 481 g/mol. The molecule has 0 aliphatic carbocycles. The van der Waals surface area contributed by atoms with Crippen LogP contribution in [-0.2, 0) is 6.54 Å². The molecule has 2 atom stereocenters. The number of nitrogens with one attached hydrogen (secondary N) is 1. The van der Waals surface area contributed by atoms with E-state index < -0.39 is 5.60 Å². The Hall–Kier alpha value is -2.47. The fraction of sp³-hybridized carbons (Fsp3) is 0.500. The molecule has 182 valence electrons. The number of hydrogen-bond donors (Lipinski definition) is 1. The van der Waals surface area contributed by atoms with Crippen LogP contribution in [0.2, 0.25) is 0 Å². The quantitative estimate of drug-likeness (QED) is 0.512. The molecule has 2 aliphatic heterocycles. The molecule has 0 radical (unpaired) electrons. The fourth-order valence-electron chi connectivity index (χ4n) is 5.25. The smallest absolute Gasteiger partial charge is 0.317 e. The number of carbonyl (C=O) groups excluding carboxylic acids is 2.